The number of nitrogens with zero attached hydrogens (tertiary/aromatic N) is 1. The molecule has 4 heteroatoms. The lowest BCUT2D eigenvalue weighted by Crippen LogP contribution is -2.47. The summed E-state index contributed by atoms with van der Waals surface area (Å²) in [5.41, 5.74) is 5.65. The summed E-state index contributed by atoms with van der Waals surface area (Å²) in [5.74, 6) is 0. The zero-order chi connectivity index (χ0) is 11.1. The second-order valence-electron chi connectivity index (χ2n) is 4.12. The average molecular weight is 216 g/mol. The van der Waals surface area contributed by atoms with Gasteiger partial charge in [0, 0.05) is 32.3 Å². The molecule has 0 amide bonds. The summed E-state index contributed by atoms with van der Waals surface area (Å²) < 4.78 is 5.54. The van der Waals surface area contributed by atoms with E-state index in [-0.39, 0.29) is 12.7 Å². The minimum Gasteiger partial charge on any atom is -0.395 e. The van der Waals surface area contributed by atoms with Gasteiger partial charge in [-0.3, -0.25) is 4.90 Å². The monoisotopic (exact) mass is 216 g/mol. The Morgan fingerprint density at radius 3 is 2.67 bits per heavy atom. The third-order valence-corrected chi connectivity index (χ3v) is 3.08. The molecule has 1 aliphatic carbocycles. The van der Waals surface area contributed by atoms with Crippen molar-refractivity contribution in [1.29, 1.82) is 0 Å². The molecular formula is C11H24N2O2. The van der Waals surface area contributed by atoms with Crippen LogP contribution in [0.4, 0.5) is 0 Å². The van der Waals surface area contributed by atoms with E-state index in [0.29, 0.717) is 19.2 Å². The topological polar surface area (TPSA) is 58.7 Å². The summed E-state index contributed by atoms with van der Waals surface area (Å²) >= 11 is 0. The molecule has 1 rings (SSSR count). The van der Waals surface area contributed by atoms with Gasteiger partial charge >= 0.3 is 0 Å². The van der Waals surface area contributed by atoms with Crippen LogP contribution in [-0.4, -0.2) is 55.0 Å². The highest BCUT2D eigenvalue weighted by Gasteiger charge is 2.26. The normalized spacial score (nSPS) is 19.2. The summed E-state index contributed by atoms with van der Waals surface area (Å²) in [6, 6.07) is 0.645. The van der Waals surface area contributed by atoms with Crippen molar-refractivity contribution >= 4 is 0 Å². The van der Waals surface area contributed by atoms with Gasteiger partial charge in [0.15, 0.2) is 0 Å². The van der Waals surface area contributed by atoms with Crippen LogP contribution in [-0.2, 0) is 4.74 Å². The fraction of sp³-hybridized carbons (Fsp3) is 1.00. The first kappa shape index (κ1) is 12.9. The summed E-state index contributed by atoms with van der Waals surface area (Å²) in [7, 11) is 0. The maximum absolute atomic E-state index is 9.01. The average Bonchev–Trinajstić information content (AvgIpc) is 2.14. The van der Waals surface area contributed by atoms with Crippen LogP contribution in [0.3, 0.4) is 0 Å². The second-order valence-corrected chi connectivity index (χ2v) is 4.12. The maximum Gasteiger partial charge on any atom is 0.0823 e. The molecule has 0 spiro atoms. The Labute approximate surface area is 92.4 Å². The smallest absolute Gasteiger partial charge is 0.0823 e. The zero-order valence-corrected chi connectivity index (χ0v) is 9.69. The highest BCUT2D eigenvalue weighted by Crippen LogP contribution is 2.24. The Bertz CT molecular complexity index is 163. The van der Waals surface area contributed by atoms with Crippen LogP contribution in [0.1, 0.15) is 26.2 Å². The van der Waals surface area contributed by atoms with Crippen LogP contribution in [0, 0.1) is 0 Å². The standard InChI is InChI=1S/C11H24N2O2/c1-2-15-11(8-12)9-13(6-7-14)10-4-3-5-10/h10-11,14H,2-9,12H2,1H3. The molecule has 0 radical (unpaired) electrons. The highest BCUT2D eigenvalue weighted by atomic mass is 16.5. The van der Waals surface area contributed by atoms with E-state index in [2.05, 4.69) is 4.90 Å². The molecule has 1 unspecified atom stereocenters. The fourth-order valence-corrected chi connectivity index (χ4v) is 2.00. The van der Waals surface area contributed by atoms with Crippen molar-refractivity contribution < 1.29 is 9.84 Å². The molecule has 0 aromatic rings. The molecule has 0 bridgehead atoms. The lowest BCUT2D eigenvalue weighted by molar-refractivity contribution is 0.00843. The van der Waals surface area contributed by atoms with E-state index in [1.165, 1.54) is 19.3 Å². The van der Waals surface area contributed by atoms with Crippen molar-refractivity contribution in [2.75, 3.05) is 32.8 Å². The van der Waals surface area contributed by atoms with Crippen LogP contribution in [0.15, 0.2) is 0 Å². The van der Waals surface area contributed by atoms with Gasteiger partial charge in [-0.05, 0) is 19.8 Å². The van der Waals surface area contributed by atoms with Crippen LogP contribution in [0.2, 0.25) is 0 Å². The van der Waals surface area contributed by atoms with Gasteiger partial charge in [0.25, 0.3) is 0 Å². The molecule has 90 valence electrons. The maximum atomic E-state index is 9.01. The highest BCUT2D eigenvalue weighted by molar-refractivity contribution is 4.81. The largest absolute Gasteiger partial charge is 0.395 e. The van der Waals surface area contributed by atoms with Gasteiger partial charge < -0.3 is 15.6 Å². The molecule has 1 saturated carbocycles. The Kier molecular flexibility index (Phi) is 6.17. The predicted molar refractivity (Wildman–Crippen MR) is 60.8 cm³/mol. The summed E-state index contributed by atoms with van der Waals surface area (Å²) in [6.07, 6.45) is 3.93. The number of aliphatic hydroxyl groups excluding tert-OH is 1. The molecule has 3 N–H and O–H groups in total. The molecule has 4 nitrogen and oxygen atoms in total. The molecule has 0 saturated heterocycles. The third-order valence-electron chi connectivity index (χ3n) is 3.08. The number of ether oxygens (including phenoxy) is 1. The van der Waals surface area contributed by atoms with Crippen LogP contribution in [0.5, 0.6) is 0 Å². The van der Waals surface area contributed by atoms with E-state index >= 15 is 0 Å². The molecule has 15 heavy (non-hydrogen) atoms. The van der Waals surface area contributed by atoms with E-state index in [1.807, 2.05) is 6.92 Å². The van der Waals surface area contributed by atoms with Crippen molar-refractivity contribution in [1.82, 2.24) is 4.90 Å². The van der Waals surface area contributed by atoms with Crippen molar-refractivity contribution in [2.24, 2.45) is 5.73 Å². The number of nitrogens with two attached hydrogens (primary N) is 1. The lowest BCUT2D eigenvalue weighted by atomic mass is 9.91. The van der Waals surface area contributed by atoms with Crippen molar-refractivity contribution in [3.63, 3.8) is 0 Å². The third kappa shape index (κ3) is 4.07. The van der Waals surface area contributed by atoms with E-state index < -0.39 is 0 Å². The van der Waals surface area contributed by atoms with Crippen molar-refractivity contribution in [3.05, 3.63) is 0 Å². The number of aliphatic hydroxyl groups is 1. The van der Waals surface area contributed by atoms with Gasteiger partial charge in [-0.1, -0.05) is 6.42 Å². The zero-order valence-electron chi connectivity index (χ0n) is 9.69. The van der Waals surface area contributed by atoms with Gasteiger partial charge in [-0.2, -0.15) is 0 Å². The number of hydrogen-bond acceptors (Lipinski definition) is 4. The van der Waals surface area contributed by atoms with E-state index in [1.54, 1.807) is 0 Å². The molecule has 0 aromatic carbocycles. The van der Waals surface area contributed by atoms with E-state index in [0.717, 1.165) is 13.1 Å². The summed E-state index contributed by atoms with van der Waals surface area (Å²) in [6.45, 7) is 5.08. The van der Waals surface area contributed by atoms with E-state index in [4.69, 9.17) is 15.6 Å². The first-order valence-corrected chi connectivity index (χ1v) is 5.98. The van der Waals surface area contributed by atoms with E-state index in [9.17, 15) is 0 Å². The Hall–Kier alpha value is -0.160. The quantitative estimate of drug-likeness (QED) is 0.608. The van der Waals surface area contributed by atoms with Gasteiger partial charge in [-0.25, -0.2) is 0 Å². The molecule has 1 atom stereocenters. The van der Waals surface area contributed by atoms with Gasteiger partial charge in [0.2, 0.25) is 0 Å². The number of rotatable bonds is 8. The van der Waals surface area contributed by atoms with Gasteiger partial charge in [-0.15, -0.1) is 0 Å². The Balaban J connectivity index is 2.33. The first-order chi connectivity index (χ1) is 7.31. The lowest BCUT2D eigenvalue weighted by Gasteiger charge is -2.38. The van der Waals surface area contributed by atoms with Gasteiger partial charge in [0.05, 0.1) is 12.7 Å². The SMILES string of the molecule is CCOC(CN)CN(CCO)C1CCC1. The fourth-order valence-electron chi connectivity index (χ4n) is 2.00. The molecule has 1 aliphatic rings. The number of hydrogen-bond donors (Lipinski definition) is 2. The first-order valence-electron chi connectivity index (χ1n) is 5.98. The van der Waals surface area contributed by atoms with Crippen LogP contribution < -0.4 is 5.73 Å². The molecular weight excluding hydrogens is 192 g/mol. The summed E-state index contributed by atoms with van der Waals surface area (Å²) in [4.78, 5) is 2.32. The second kappa shape index (κ2) is 7.17. The van der Waals surface area contributed by atoms with Crippen LogP contribution in [0.25, 0.3) is 0 Å². The Morgan fingerprint density at radius 2 is 2.27 bits per heavy atom. The van der Waals surface area contributed by atoms with Crippen molar-refractivity contribution in [2.45, 2.75) is 38.3 Å². The minimum absolute atomic E-state index is 0.113. The molecule has 0 heterocycles. The van der Waals surface area contributed by atoms with Crippen molar-refractivity contribution in [3.8, 4) is 0 Å². The van der Waals surface area contributed by atoms with Gasteiger partial charge in [0.1, 0.15) is 0 Å². The predicted octanol–water partition coefficient (Wildman–Crippen LogP) is 0.197. The Morgan fingerprint density at radius 1 is 1.53 bits per heavy atom. The molecule has 0 aliphatic heterocycles. The van der Waals surface area contributed by atoms with Crippen LogP contribution >= 0.6 is 0 Å². The summed E-state index contributed by atoms with van der Waals surface area (Å²) in [5, 5.41) is 9.01. The minimum atomic E-state index is 0.113. The molecule has 0 aromatic heterocycles. The molecule has 1 fully saturated rings.